The van der Waals surface area contributed by atoms with Crippen LogP contribution < -0.4 is 14.4 Å². The smallest absolute Gasteiger partial charge is 0.128 e. The zero-order valence-corrected chi connectivity index (χ0v) is 14.2. The van der Waals surface area contributed by atoms with Gasteiger partial charge >= 0.3 is 0 Å². The molecule has 1 aromatic carbocycles. The van der Waals surface area contributed by atoms with Gasteiger partial charge in [-0.3, -0.25) is 4.90 Å². The van der Waals surface area contributed by atoms with Gasteiger partial charge in [0.05, 0.1) is 13.7 Å². The van der Waals surface area contributed by atoms with Gasteiger partial charge in [0.2, 0.25) is 0 Å². The van der Waals surface area contributed by atoms with Crippen LogP contribution in [-0.4, -0.2) is 56.3 Å². The first-order valence-corrected chi connectivity index (χ1v) is 8.50. The number of hydrogen-bond acceptors (Lipinski definition) is 5. The lowest BCUT2D eigenvalue weighted by molar-refractivity contribution is 0.224. The van der Waals surface area contributed by atoms with E-state index in [1.165, 1.54) is 0 Å². The van der Waals surface area contributed by atoms with Crippen molar-refractivity contribution in [2.45, 2.75) is 6.42 Å². The normalized spacial score (nSPS) is 15.3. The Morgan fingerprint density at radius 1 is 0.958 bits per heavy atom. The molecule has 2 heterocycles. The molecule has 0 saturated carbocycles. The van der Waals surface area contributed by atoms with Crippen LogP contribution in [0.15, 0.2) is 48.7 Å². The number of hydrogen-bond donors (Lipinski definition) is 0. The Morgan fingerprint density at radius 2 is 1.71 bits per heavy atom. The minimum absolute atomic E-state index is 0.743. The number of methoxy groups -OCH3 is 1. The SMILES string of the molecule is COc1ccc(OCCCN2CCN(c3ccccn3)CC2)cc1. The van der Waals surface area contributed by atoms with E-state index in [2.05, 4.69) is 20.9 Å². The number of aromatic nitrogens is 1. The maximum atomic E-state index is 5.78. The van der Waals surface area contributed by atoms with Gasteiger partial charge in [-0.2, -0.15) is 0 Å². The van der Waals surface area contributed by atoms with E-state index in [-0.39, 0.29) is 0 Å². The Hall–Kier alpha value is -2.27. The molecule has 1 fully saturated rings. The van der Waals surface area contributed by atoms with E-state index in [4.69, 9.17) is 9.47 Å². The topological polar surface area (TPSA) is 37.8 Å². The molecule has 5 heteroatoms. The van der Waals surface area contributed by atoms with Gasteiger partial charge in [0.25, 0.3) is 0 Å². The summed E-state index contributed by atoms with van der Waals surface area (Å²) in [6, 6.07) is 13.8. The minimum atomic E-state index is 0.743. The van der Waals surface area contributed by atoms with E-state index < -0.39 is 0 Å². The van der Waals surface area contributed by atoms with Gasteiger partial charge in [0, 0.05) is 38.9 Å². The molecule has 0 N–H and O–H groups in total. The van der Waals surface area contributed by atoms with Gasteiger partial charge in [0.1, 0.15) is 17.3 Å². The fourth-order valence-corrected chi connectivity index (χ4v) is 2.89. The molecule has 0 atom stereocenters. The summed E-state index contributed by atoms with van der Waals surface area (Å²) in [6.45, 7) is 6.06. The van der Waals surface area contributed by atoms with Crippen LogP contribution in [0.2, 0.25) is 0 Å². The van der Waals surface area contributed by atoms with Gasteiger partial charge < -0.3 is 14.4 Å². The second kappa shape index (κ2) is 8.55. The van der Waals surface area contributed by atoms with E-state index in [0.717, 1.165) is 63.1 Å². The van der Waals surface area contributed by atoms with E-state index in [1.54, 1.807) is 7.11 Å². The van der Waals surface area contributed by atoms with E-state index >= 15 is 0 Å². The highest BCUT2D eigenvalue weighted by Gasteiger charge is 2.17. The molecule has 0 aliphatic carbocycles. The summed E-state index contributed by atoms with van der Waals surface area (Å²) in [5.41, 5.74) is 0. The molecule has 0 amide bonds. The maximum absolute atomic E-state index is 5.78. The van der Waals surface area contributed by atoms with E-state index in [9.17, 15) is 0 Å². The van der Waals surface area contributed by atoms with Crippen LogP contribution in [0, 0.1) is 0 Å². The van der Waals surface area contributed by atoms with Crippen molar-refractivity contribution < 1.29 is 9.47 Å². The molecule has 128 valence electrons. The number of piperazine rings is 1. The average Bonchev–Trinajstić information content (AvgIpc) is 2.67. The van der Waals surface area contributed by atoms with Crippen molar-refractivity contribution in [1.82, 2.24) is 9.88 Å². The van der Waals surface area contributed by atoms with Crippen LogP contribution in [0.4, 0.5) is 5.82 Å². The van der Waals surface area contributed by atoms with Crippen molar-refractivity contribution in [3.8, 4) is 11.5 Å². The lowest BCUT2D eigenvalue weighted by Gasteiger charge is -2.35. The summed E-state index contributed by atoms with van der Waals surface area (Å²) in [5, 5.41) is 0. The number of rotatable bonds is 7. The van der Waals surface area contributed by atoms with Crippen LogP contribution in [0.3, 0.4) is 0 Å². The van der Waals surface area contributed by atoms with Gasteiger partial charge in [-0.05, 0) is 42.8 Å². The predicted molar refractivity (Wildman–Crippen MR) is 96.0 cm³/mol. The minimum Gasteiger partial charge on any atom is -0.497 e. The number of anilines is 1. The van der Waals surface area contributed by atoms with Crippen molar-refractivity contribution in [1.29, 1.82) is 0 Å². The fourth-order valence-electron chi connectivity index (χ4n) is 2.89. The summed E-state index contributed by atoms with van der Waals surface area (Å²) in [5.74, 6) is 2.84. The molecule has 3 rings (SSSR count). The number of ether oxygens (including phenoxy) is 2. The molecule has 2 aromatic rings. The largest absolute Gasteiger partial charge is 0.497 e. The molecule has 1 aromatic heterocycles. The zero-order chi connectivity index (χ0) is 16.6. The first-order chi connectivity index (χ1) is 11.8. The number of nitrogens with zero attached hydrogens (tertiary/aromatic N) is 3. The van der Waals surface area contributed by atoms with Crippen molar-refractivity contribution in [2.75, 3.05) is 51.3 Å². The summed E-state index contributed by atoms with van der Waals surface area (Å²) in [6.07, 6.45) is 2.90. The maximum Gasteiger partial charge on any atom is 0.128 e. The standard InChI is InChI=1S/C19H25N3O2/c1-23-17-6-8-18(9-7-17)24-16-4-11-21-12-14-22(15-13-21)19-5-2-3-10-20-19/h2-3,5-10H,4,11-16H2,1H3. The molecular formula is C19H25N3O2. The van der Waals surface area contributed by atoms with E-state index in [0.29, 0.717) is 0 Å². The van der Waals surface area contributed by atoms with Crippen LogP contribution in [0.1, 0.15) is 6.42 Å². The van der Waals surface area contributed by atoms with Crippen molar-refractivity contribution in [3.05, 3.63) is 48.7 Å². The quantitative estimate of drug-likeness (QED) is 0.731. The molecule has 0 radical (unpaired) electrons. The molecule has 5 nitrogen and oxygen atoms in total. The van der Waals surface area contributed by atoms with E-state index in [1.807, 2.05) is 42.6 Å². The van der Waals surface area contributed by atoms with Crippen LogP contribution in [-0.2, 0) is 0 Å². The van der Waals surface area contributed by atoms with Crippen LogP contribution in [0.25, 0.3) is 0 Å². The third kappa shape index (κ3) is 4.61. The van der Waals surface area contributed by atoms with Crippen molar-refractivity contribution >= 4 is 5.82 Å². The Labute approximate surface area is 143 Å². The Bertz CT molecular complexity index is 596. The number of pyridine rings is 1. The molecule has 0 unspecified atom stereocenters. The first kappa shape index (κ1) is 16.6. The van der Waals surface area contributed by atoms with Gasteiger partial charge in [0.15, 0.2) is 0 Å². The molecule has 24 heavy (non-hydrogen) atoms. The zero-order valence-electron chi connectivity index (χ0n) is 14.2. The second-order valence-electron chi connectivity index (χ2n) is 5.89. The van der Waals surface area contributed by atoms with Gasteiger partial charge in [-0.25, -0.2) is 4.98 Å². The van der Waals surface area contributed by atoms with Crippen LogP contribution >= 0.6 is 0 Å². The molecular weight excluding hydrogens is 302 g/mol. The molecule has 1 saturated heterocycles. The summed E-state index contributed by atoms with van der Waals surface area (Å²) >= 11 is 0. The molecule has 0 bridgehead atoms. The van der Waals surface area contributed by atoms with Crippen LogP contribution in [0.5, 0.6) is 11.5 Å². The third-order valence-corrected chi connectivity index (χ3v) is 4.29. The highest BCUT2D eigenvalue weighted by molar-refractivity contribution is 5.38. The highest BCUT2D eigenvalue weighted by atomic mass is 16.5. The van der Waals surface area contributed by atoms with Gasteiger partial charge in [-0.15, -0.1) is 0 Å². The number of benzene rings is 1. The lowest BCUT2D eigenvalue weighted by Crippen LogP contribution is -2.47. The molecule has 1 aliphatic rings. The summed E-state index contributed by atoms with van der Waals surface area (Å²) < 4.78 is 10.9. The predicted octanol–water partition coefficient (Wildman–Crippen LogP) is 2.68. The summed E-state index contributed by atoms with van der Waals surface area (Å²) in [4.78, 5) is 9.28. The monoisotopic (exact) mass is 327 g/mol. The molecule has 0 spiro atoms. The Kier molecular flexibility index (Phi) is 5.90. The Morgan fingerprint density at radius 3 is 2.38 bits per heavy atom. The third-order valence-electron chi connectivity index (χ3n) is 4.29. The van der Waals surface area contributed by atoms with Crippen molar-refractivity contribution in [3.63, 3.8) is 0 Å². The van der Waals surface area contributed by atoms with Gasteiger partial charge in [-0.1, -0.05) is 6.07 Å². The lowest BCUT2D eigenvalue weighted by atomic mass is 10.3. The fraction of sp³-hybridized carbons (Fsp3) is 0.421. The average molecular weight is 327 g/mol. The molecule has 1 aliphatic heterocycles. The first-order valence-electron chi connectivity index (χ1n) is 8.50. The highest BCUT2D eigenvalue weighted by Crippen LogP contribution is 2.17. The second-order valence-corrected chi connectivity index (χ2v) is 5.89. The Balaban J connectivity index is 1.33. The van der Waals surface area contributed by atoms with Crippen molar-refractivity contribution in [2.24, 2.45) is 0 Å². The summed E-state index contributed by atoms with van der Waals surface area (Å²) in [7, 11) is 1.67.